The third-order valence-electron chi connectivity index (χ3n) is 4.64. The second-order valence-electron chi connectivity index (χ2n) is 6.47. The Kier molecular flexibility index (Phi) is 5.64. The second-order valence-corrected chi connectivity index (χ2v) is 6.47. The van der Waals surface area contributed by atoms with E-state index in [1.807, 2.05) is 6.92 Å². The number of aromatic carboxylic acids is 1. The van der Waals surface area contributed by atoms with Gasteiger partial charge in [0.05, 0.1) is 5.56 Å². The summed E-state index contributed by atoms with van der Waals surface area (Å²) in [6.07, 6.45) is 0.519. The number of nitrogens with zero attached hydrogens (tertiary/aromatic N) is 2. The highest BCUT2D eigenvalue weighted by molar-refractivity contribution is 5.97. The molecule has 0 bridgehead atoms. The first-order valence-electron chi connectivity index (χ1n) is 8.88. The number of carboxylic acids is 1. The predicted molar refractivity (Wildman–Crippen MR) is 103 cm³/mol. The molecule has 1 N–H and O–H groups in total. The molecule has 0 spiro atoms. The fourth-order valence-electron chi connectivity index (χ4n) is 3.38. The number of rotatable bonds is 6. The van der Waals surface area contributed by atoms with Crippen LogP contribution in [0.25, 0.3) is 11.1 Å². The lowest BCUT2D eigenvalue weighted by atomic mass is 10.00. The van der Waals surface area contributed by atoms with Crippen molar-refractivity contribution in [2.24, 2.45) is 7.05 Å². The minimum Gasteiger partial charge on any atom is -0.489 e. The second kappa shape index (κ2) is 8.15. The summed E-state index contributed by atoms with van der Waals surface area (Å²) in [4.78, 5) is 11.8. The first-order valence-corrected chi connectivity index (χ1v) is 8.88. The molecule has 0 aliphatic rings. The van der Waals surface area contributed by atoms with E-state index in [9.17, 15) is 23.9 Å². The van der Waals surface area contributed by atoms with Gasteiger partial charge in [0.2, 0.25) is 0 Å². The van der Waals surface area contributed by atoms with E-state index in [-0.39, 0.29) is 12.3 Å². The molecule has 0 aliphatic heterocycles. The van der Waals surface area contributed by atoms with Gasteiger partial charge in [-0.3, -0.25) is 0 Å². The van der Waals surface area contributed by atoms with E-state index in [0.29, 0.717) is 40.1 Å². The number of ether oxygens (including phenoxy) is 1. The van der Waals surface area contributed by atoms with Gasteiger partial charge in [0.1, 0.15) is 35.8 Å². The van der Waals surface area contributed by atoms with Crippen LogP contribution in [-0.4, -0.2) is 15.6 Å². The van der Waals surface area contributed by atoms with Crippen LogP contribution in [0, 0.1) is 23.0 Å². The lowest BCUT2D eigenvalue weighted by Gasteiger charge is -2.08. The zero-order valence-corrected chi connectivity index (χ0v) is 15.9. The molecular formula is C22H18F2N2O3. The highest BCUT2D eigenvalue weighted by Crippen LogP contribution is 2.33. The van der Waals surface area contributed by atoms with Crippen molar-refractivity contribution in [3.05, 3.63) is 76.6 Å². The van der Waals surface area contributed by atoms with E-state index >= 15 is 0 Å². The van der Waals surface area contributed by atoms with Gasteiger partial charge in [0.15, 0.2) is 0 Å². The molecule has 29 heavy (non-hydrogen) atoms. The molecule has 3 rings (SSSR count). The number of carboxylic acid groups (broad SMARTS) is 1. The molecule has 0 amide bonds. The van der Waals surface area contributed by atoms with Gasteiger partial charge in [-0.15, -0.1) is 0 Å². The summed E-state index contributed by atoms with van der Waals surface area (Å²) < 4.78 is 33.6. The highest BCUT2D eigenvalue weighted by atomic mass is 19.1. The van der Waals surface area contributed by atoms with Crippen molar-refractivity contribution in [1.82, 2.24) is 4.57 Å². The summed E-state index contributed by atoms with van der Waals surface area (Å²) in [7, 11) is 1.63. The fourth-order valence-corrected chi connectivity index (χ4v) is 3.38. The van der Waals surface area contributed by atoms with E-state index in [4.69, 9.17) is 4.74 Å². The van der Waals surface area contributed by atoms with Crippen LogP contribution in [0.3, 0.4) is 0 Å². The number of hydrogen-bond donors (Lipinski definition) is 1. The monoisotopic (exact) mass is 396 g/mol. The number of nitriles is 1. The van der Waals surface area contributed by atoms with Crippen LogP contribution in [0.5, 0.6) is 5.75 Å². The van der Waals surface area contributed by atoms with Gasteiger partial charge in [0.25, 0.3) is 0 Å². The molecule has 0 saturated carbocycles. The summed E-state index contributed by atoms with van der Waals surface area (Å²) in [6.45, 7) is 1.83. The molecule has 0 fully saturated rings. The Bertz CT molecular complexity index is 1090. The smallest absolute Gasteiger partial charge is 0.353 e. The quantitative estimate of drug-likeness (QED) is 0.656. The first-order chi connectivity index (χ1) is 13.8. The molecule has 0 saturated heterocycles. The van der Waals surface area contributed by atoms with Gasteiger partial charge in [0, 0.05) is 24.4 Å². The van der Waals surface area contributed by atoms with Crippen molar-refractivity contribution in [3.8, 4) is 22.9 Å². The summed E-state index contributed by atoms with van der Waals surface area (Å²) in [5.74, 6) is -2.03. The van der Waals surface area contributed by atoms with Crippen molar-refractivity contribution in [2.45, 2.75) is 20.0 Å². The lowest BCUT2D eigenvalue weighted by molar-refractivity contribution is 0.0687. The Morgan fingerprint density at radius 3 is 2.31 bits per heavy atom. The number of benzene rings is 2. The topological polar surface area (TPSA) is 75.2 Å². The zero-order valence-electron chi connectivity index (χ0n) is 15.9. The Balaban J connectivity index is 1.91. The van der Waals surface area contributed by atoms with E-state index < -0.39 is 17.6 Å². The molecule has 148 valence electrons. The van der Waals surface area contributed by atoms with Gasteiger partial charge in [-0.2, -0.15) is 5.26 Å². The van der Waals surface area contributed by atoms with Gasteiger partial charge in [-0.25, -0.2) is 13.6 Å². The van der Waals surface area contributed by atoms with Crippen molar-refractivity contribution in [2.75, 3.05) is 0 Å². The van der Waals surface area contributed by atoms with Gasteiger partial charge in [-0.1, -0.05) is 19.1 Å². The number of aromatic nitrogens is 1. The van der Waals surface area contributed by atoms with Crippen LogP contribution in [0.1, 0.15) is 34.2 Å². The third-order valence-corrected chi connectivity index (χ3v) is 4.64. The Hall–Kier alpha value is -3.66. The van der Waals surface area contributed by atoms with Gasteiger partial charge in [-0.05, 0) is 41.8 Å². The average molecular weight is 396 g/mol. The van der Waals surface area contributed by atoms with Gasteiger partial charge >= 0.3 is 5.97 Å². The largest absolute Gasteiger partial charge is 0.489 e. The van der Waals surface area contributed by atoms with Crippen LogP contribution in [0.4, 0.5) is 8.78 Å². The van der Waals surface area contributed by atoms with Crippen molar-refractivity contribution in [1.29, 1.82) is 5.26 Å². The maximum absolute atomic E-state index is 13.3. The number of hydrogen-bond acceptors (Lipinski definition) is 3. The predicted octanol–water partition coefficient (Wildman–Crippen LogP) is 4.68. The Morgan fingerprint density at radius 2 is 1.79 bits per heavy atom. The fraction of sp³-hybridized carbons (Fsp3) is 0.182. The van der Waals surface area contributed by atoms with E-state index in [1.165, 1.54) is 16.7 Å². The Labute approximate surface area is 166 Å². The summed E-state index contributed by atoms with van der Waals surface area (Å²) in [6, 6.07) is 11.8. The zero-order chi connectivity index (χ0) is 21.1. The Morgan fingerprint density at radius 1 is 1.17 bits per heavy atom. The van der Waals surface area contributed by atoms with E-state index in [1.54, 1.807) is 31.3 Å². The number of carbonyl (C=O) groups is 1. The van der Waals surface area contributed by atoms with Crippen LogP contribution in [0.2, 0.25) is 0 Å². The maximum Gasteiger partial charge on any atom is 0.353 e. The third kappa shape index (κ3) is 3.97. The van der Waals surface area contributed by atoms with Crippen LogP contribution < -0.4 is 4.74 Å². The molecule has 3 aromatic rings. The molecule has 1 heterocycles. The molecule has 2 aromatic carbocycles. The molecule has 7 heteroatoms. The van der Waals surface area contributed by atoms with Crippen LogP contribution in [0.15, 0.2) is 42.5 Å². The van der Waals surface area contributed by atoms with Crippen molar-refractivity contribution < 1.29 is 23.4 Å². The molecule has 0 radical (unpaired) electrons. The van der Waals surface area contributed by atoms with E-state index in [2.05, 4.69) is 6.07 Å². The molecule has 0 aliphatic carbocycles. The molecular weight excluding hydrogens is 378 g/mol. The molecule has 0 unspecified atom stereocenters. The normalized spacial score (nSPS) is 10.6. The van der Waals surface area contributed by atoms with Gasteiger partial charge < -0.3 is 14.4 Å². The summed E-state index contributed by atoms with van der Waals surface area (Å²) in [5.41, 5.74) is 2.30. The average Bonchev–Trinajstić information content (AvgIpc) is 2.97. The van der Waals surface area contributed by atoms with Crippen LogP contribution >= 0.6 is 0 Å². The van der Waals surface area contributed by atoms with E-state index in [0.717, 1.165) is 6.07 Å². The minimum absolute atomic E-state index is 0.0246. The van der Waals surface area contributed by atoms with Crippen molar-refractivity contribution in [3.63, 3.8) is 0 Å². The SMILES string of the molecule is CCc1c(C#N)c(-c2ccc(OCc3cc(F)cc(F)c3)cc2)c(C(=O)O)n1C. The number of halogens is 2. The minimum atomic E-state index is -1.12. The summed E-state index contributed by atoms with van der Waals surface area (Å²) in [5, 5.41) is 19.2. The highest BCUT2D eigenvalue weighted by Gasteiger charge is 2.25. The maximum atomic E-state index is 13.3. The molecule has 5 nitrogen and oxygen atoms in total. The summed E-state index contributed by atoms with van der Waals surface area (Å²) >= 11 is 0. The van der Waals surface area contributed by atoms with Crippen LogP contribution in [-0.2, 0) is 20.1 Å². The first kappa shape index (κ1) is 20.1. The molecule has 1 aromatic heterocycles. The lowest BCUT2D eigenvalue weighted by Crippen LogP contribution is -2.07. The van der Waals surface area contributed by atoms with Crippen molar-refractivity contribution >= 4 is 5.97 Å². The standard InChI is InChI=1S/C22H18F2N2O3/c1-3-19-18(11-25)20(21(22(27)28)26(19)2)14-4-6-17(7-5-14)29-12-13-8-15(23)10-16(24)9-13/h4-10H,3,12H2,1-2H3,(H,27,28). The molecule has 0 atom stereocenters.